The number of primary amides is 1. The SMILES string of the molecule is COc1cc2ncnc(N3CC4(CC(NC(N)=O)C4)C3)c2cc1OC. The second-order valence-electron chi connectivity index (χ2n) is 6.89. The molecule has 8 heteroatoms. The van der Waals surface area contributed by atoms with Crippen molar-refractivity contribution in [3.63, 3.8) is 0 Å². The average molecular weight is 343 g/mol. The van der Waals surface area contributed by atoms with Crippen molar-refractivity contribution in [3.8, 4) is 11.5 Å². The summed E-state index contributed by atoms with van der Waals surface area (Å²) in [7, 11) is 3.23. The number of rotatable bonds is 4. The maximum absolute atomic E-state index is 10.9. The number of urea groups is 1. The van der Waals surface area contributed by atoms with E-state index in [4.69, 9.17) is 15.2 Å². The summed E-state index contributed by atoms with van der Waals surface area (Å²) in [5, 5.41) is 3.72. The number of hydrogen-bond donors (Lipinski definition) is 2. The lowest BCUT2D eigenvalue weighted by atomic mass is 9.60. The van der Waals surface area contributed by atoms with Gasteiger partial charge in [-0.05, 0) is 18.9 Å². The molecule has 2 amide bonds. The quantitative estimate of drug-likeness (QED) is 0.867. The molecule has 1 saturated heterocycles. The average Bonchev–Trinajstić information content (AvgIpc) is 2.53. The molecule has 1 aromatic heterocycles. The van der Waals surface area contributed by atoms with Gasteiger partial charge in [-0.25, -0.2) is 14.8 Å². The third-order valence-corrected chi connectivity index (χ3v) is 5.18. The fourth-order valence-electron chi connectivity index (χ4n) is 4.08. The number of ether oxygens (including phenoxy) is 2. The maximum atomic E-state index is 10.9. The van der Waals surface area contributed by atoms with Gasteiger partial charge in [-0.1, -0.05) is 0 Å². The fourth-order valence-corrected chi connectivity index (χ4v) is 4.08. The Kier molecular flexibility index (Phi) is 3.55. The third kappa shape index (κ3) is 2.57. The predicted molar refractivity (Wildman–Crippen MR) is 93.0 cm³/mol. The molecule has 1 spiro atoms. The van der Waals surface area contributed by atoms with Crippen LogP contribution in [0, 0.1) is 5.41 Å². The summed E-state index contributed by atoms with van der Waals surface area (Å²) in [5.74, 6) is 2.22. The number of fused-ring (bicyclic) bond motifs is 1. The lowest BCUT2D eigenvalue weighted by molar-refractivity contribution is 0.0534. The number of nitrogens with zero attached hydrogens (tertiary/aromatic N) is 3. The standard InChI is InChI=1S/C17H21N5O3/c1-24-13-3-11-12(4-14(13)25-2)19-9-20-15(11)22-7-17(8-22)5-10(6-17)21-16(18)23/h3-4,9-10H,5-8H2,1-2H3,(H3,18,21,23). The van der Waals surface area contributed by atoms with E-state index in [0.29, 0.717) is 11.5 Å². The highest BCUT2D eigenvalue weighted by molar-refractivity contribution is 5.92. The molecule has 2 heterocycles. The van der Waals surface area contributed by atoms with Gasteiger partial charge in [0.1, 0.15) is 12.1 Å². The summed E-state index contributed by atoms with van der Waals surface area (Å²) in [5.41, 5.74) is 6.27. The first kappa shape index (κ1) is 15.7. The van der Waals surface area contributed by atoms with Crippen LogP contribution in [0.1, 0.15) is 12.8 Å². The Labute approximate surface area is 145 Å². The number of aromatic nitrogens is 2. The van der Waals surface area contributed by atoms with Crippen molar-refractivity contribution in [2.24, 2.45) is 11.1 Å². The molecule has 0 bridgehead atoms. The lowest BCUT2D eigenvalue weighted by Gasteiger charge is -2.59. The van der Waals surface area contributed by atoms with Crippen LogP contribution in [0.5, 0.6) is 11.5 Å². The van der Waals surface area contributed by atoms with Gasteiger partial charge in [-0.3, -0.25) is 0 Å². The summed E-state index contributed by atoms with van der Waals surface area (Å²) in [6.07, 6.45) is 3.51. The highest BCUT2D eigenvalue weighted by atomic mass is 16.5. The molecule has 1 saturated carbocycles. The van der Waals surface area contributed by atoms with Crippen molar-refractivity contribution < 1.29 is 14.3 Å². The minimum atomic E-state index is -0.445. The number of benzene rings is 1. The van der Waals surface area contributed by atoms with E-state index in [-0.39, 0.29) is 11.5 Å². The first-order chi connectivity index (χ1) is 12.0. The van der Waals surface area contributed by atoms with Crippen molar-refractivity contribution in [2.45, 2.75) is 18.9 Å². The Bertz CT molecular complexity index is 826. The van der Waals surface area contributed by atoms with Crippen molar-refractivity contribution in [3.05, 3.63) is 18.5 Å². The van der Waals surface area contributed by atoms with E-state index in [2.05, 4.69) is 20.2 Å². The number of nitrogens with two attached hydrogens (primary N) is 1. The molecule has 3 N–H and O–H groups in total. The van der Waals surface area contributed by atoms with Gasteiger partial charge in [0.2, 0.25) is 0 Å². The highest BCUT2D eigenvalue weighted by Gasteiger charge is 2.53. The Morgan fingerprint density at radius 1 is 1.24 bits per heavy atom. The van der Waals surface area contributed by atoms with Crippen LogP contribution in [0.25, 0.3) is 10.9 Å². The Hall–Kier alpha value is -2.77. The third-order valence-electron chi connectivity index (χ3n) is 5.18. The lowest BCUT2D eigenvalue weighted by Crippen LogP contribution is -2.67. The number of carbonyl (C=O) groups is 1. The largest absolute Gasteiger partial charge is 0.493 e. The molecule has 1 aromatic carbocycles. The number of carbonyl (C=O) groups excluding carboxylic acids is 1. The molecule has 1 aliphatic carbocycles. The van der Waals surface area contributed by atoms with Gasteiger partial charge >= 0.3 is 6.03 Å². The van der Waals surface area contributed by atoms with Crippen LogP contribution in [0.2, 0.25) is 0 Å². The zero-order chi connectivity index (χ0) is 17.6. The summed E-state index contributed by atoms with van der Waals surface area (Å²) < 4.78 is 10.7. The molecule has 0 unspecified atom stereocenters. The first-order valence-electron chi connectivity index (χ1n) is 8.21. The van der Waals surface area contributed by atoms with E-state index in [1.54, 1.807) is 20.5 Å². The van der Waals surface area contributed by atoms with Gasteiger partial charge in [-0.15, -0.1) is 0 Å². The molecule has 2 fully saturated rings. The van der Waals surface area contributed by atoms with Crippen molar-refractivity contribution in [1.82, 2.24) is 15.3 Å². The van der Waals surface area contributed by atoms with Crippen LogP contribution in [0.15, 0.2) is 18.5 Å². The number of hydrogen-bond acceptors (Lipinski definition) is 6. The van der Waals surface area contributed by atoms with Gasteiger partial charge in [0.25, 0.3) is 0 Å². The maximum Gasteiger partial charge on any atom is 0.312 e. The normalized spacial score (nSPS) is 18.6. The molecule has 2 aromatic rings. The van der Waals surface area contributed by atoms with E-state index in [1.807, 2.05) is 12.1 Å². The van der Waals surface area contributed by atoms with Crippen LogP contribution in [0.4, 0.5) is 10.6 Å². The smallest absolute Gasteiger partial charge is 0.312 e. The highest BCUT2D eigenvalue weighted by Crippen LogP contribution is 2.50. The van der Waals surface area contributed by atoms with E-state index < -0.39 is 6.03 Å². The topological polar surface area (TPSA) is 103 Å². The number of amides is 2. The van der Waals surface area contributed by atoms with Gasteiger partial charge in [0.05, 0.1) is 19.7 Å². The van der Waals surface area contributed by atoms with E-state index in [1.165, 1.54) is 0 Å². The number of nitrogens with one attached hydrogen (secondary N) is 1. The molecule has 4 rings (SSSR count). The molecule has 2 aliphatic rings. The van der Waals surface area contributed by atoms with E-state index in [9.17, 15) is 4.79 Å². The molecule has 0 atom stereocenters. The van der Waals surface area contributed by atoms with Crippen LogP contribution in [0.3, 0.4) is 0 Å². The molecule has 8 nitrogen and oxygen atoms in total. The van der Waals surface area contributed by atoms with Gasteiger partial charge < -0.3 is 25.4 Å². The minimum absolute atomic E-state index is 0.200. The minimum Gasteiger partial charge on any atom is -0.493 e. The molecular weight excluding hydrogens is 322 g/mol. The summed E-state index contributed by atoms with van der Waals surface area (Å²) in [6, 6.07) is 3.54. The summed E-state index contributed by atoms with van der Waals surface area (Å²) in [6.45, 7) is 1.84. The fraction of sp³-hybridized carbons (Fsp3) is 0.471. The second-order valence-corrected chi connectivity index (χ2v) is 6.89. The Balaban J connectivity index is 1.54. The van der Waals surface area contributed by atoms with Gasteiger partial charge in [-0.2, -0.15) is 0 Å². The van der Waals surface area contributed by atoms with Crippen LogP contribution in [-0.2, 0) is 0 Å². The summed E-state index contributed by atoms with van der Waals surface area (Å²) >= 11 is 0. The van der Waals surface area contributed by atoms with Crippen LogP contribution >= 0.6 is 0 Å². The van der Waals surface area contributed by atoms with Crippen molar-refractivity contribution >= 4 is 22.8 Å². The second kappa shape index (κ2) is 5.65. The summed E-state index contributed by atoms with van der Waals surface area (Å²) in [4.78, 5) is 22.0. The van der Waals surface area contributed by atoms with Crippen LogP contribution in [-0.4, -0.2) is 49.4 Å². The van der Waals surface area contributed by atoms with Crippen LogP contribution < -0.4 is 25.4 Å². The van der Waals surface area contributed by atoms with Crippen molar-refractivity contribution in [2.75, 3.05) is 32.2 Å². The molecule has 0 radical (unpaired) electrons. The monoisotopic (exact) mass is 343 g/mol. The molecule has 25 heavy (non-hydrogen) atoms. The van der Waals surface area contributed by atoms with E-state index in [0.717, 1.165) is 42.7 Å². The van der Waals surface area contributed by atoms with E-state index >= 15 is 0 Å². The zero-order valence-electron chi connectivity index (χ0n) is 14.3. The van der Waals surface area contributed by atoms with Crippen molar-refractivity contribution in [1.29, 1.82) is 0 Å². The number of anilines is 1. The predicted octanol–water partition coefficient (Wildman–Crippen LogP) is 1.28. The Morgan fingerprint density at radius 3 is 2.56 bits per heavy atom. The molecular formula is C17H21N5O3. The molecule has 1 aliphatic heterocycles. The zero-order valence-corrected chi connectivity index (χ0v) is 14.3. The Morgan fingerprint density at radius 2 is 1.92 bits per heavy atom. The molecule has 132 valence electrons. The first-order valence-corrected chi connectivity index (χ1v) is 8.21. The number of methoxy groups -OCH3 is 2. The van der Waals surface area contributed by atoms with Gasteiger partial charge in [0, 0.05) is 36.0 Å². The van der Waals surface area contributed by atoms with Gasteiger partial charge in [0.15, 0.2) is 11.5 Å².